The van der Waals surface area contributed by atoms with Crippen molar-refractivity contribution in [3.63, 3.8) is 0 Å². The van der Waals surface area contributed by atoms with E-state index in [1.165, 1.54) is 31.5 Å². The first-order valence-electron chi connectivity index (χ1n) is 7.81. The van der Waals surface area contributed by atoms with E-state index >= 15 is 0 Å². The lowest BCUT2D eigenvalue weighted by molar-refractivity contribution is -0.118. The number of pyridine rings is 1. The quantitative estimate of drug-likeness (QED) is 0.748. The highest BCUT2D eigenvalue weighted by Crippen LogP contribution is 2.18. The second-order valence-electron chi connectivity index (χ2n) is 5.88. The van der Waals surface area contributed by atoms with Gasteiger partial charge in [0.2, 0.25) is 21.8 Å². The molecular weight excluding hydrogens is 378 g/mol. The standard InChI is InChI=1S/C17H20ClN3O4S/c1-11(2)16(17(22)20-13-7-8-15(25-3)19-10-13)21-26(23,24)14-6-4-5-12(18)9-14/h4-11,16,21H,1-3H3,(H,20,22)/t16-/m0/s1. The van der Waals surface area contributed by atoms with E-state index in [9.17, 15) is 13.2 Å². The van der Waals surface area contributed by atoms with Crippen LogP contribution in [0.25, 0.3) is 0 Å². The number of carbonyl (C=O) groups is 1. The maximum Gasteiger partial charge on any atom is 0.242 e. The van der Waals surface area contributed by atoms with Crippen molar-refractivity contribution in [3.8, 4) is 5.88 Å². The van der Waals surface area contributed by atoms with E-state index in [0.29, 0.717) is 16.6 Å². The molecule has 9 heteroatoms. The summed E-state index contributed by atoms with van der Waals surface area (Å²) in [5.41, 5.74) is 0.434. The lowest BCUT2D eigenvalue weighted by Crippen LogP contribution is -2.47. The van der Waals surface area contributed by atoms with Crippen LogP contribution in [0.2, 0.25) is 5.02 Å². The highest BCUT2D eigenvalue weighted by atomic mass is 35.5. The number of sulfonamides is 1. The van der Waals surface area contributed by atoms with Gasteiger partial charge in [-0.15, -0.1) is 0 Å². The van der Waals surface area contributed by atoms with Gasteiger partial charge < -0.3 is 10.1 Å². The Hall–Kier alpha value is -2.16. The van der Waals surface area contributed by atoms with E-state index < -0.39 is 22.0 Å². The summed E-state index contributed by atoms with van der Waals surface area (Å²) in [6, 6.07) is 8.08. The first-order valence-corrected chi connectivity index (χ1v) is 9.68. The molecule has 0 aliphatic rings. The van der Waals surface area contributed by atoms with E-state index in [1.54, 1.807) is 32.0 Å². The summed E-state index contributed by atoms with van der Waals surface area (Å²) < 4.78 is 32.5. The normalized spacial score (nSPS) is 12.7. The van der Waals surface area contributed by atoms with Crippen molar-refractivity contribution in [1.82, 2.24) is 9.71 Å². The largest absolute Gasteiger partial charge is 0.481 e. The van der Waals surface area contributed by atoms with Gasteiger partial charge in [-0.25, -0.2) is 13.4 Å². The smallest absolute Gasteiger partial charge is 0.242 e. The minimum Gasteiger partial charge on any atom is -0.481 e. The number of halogens is 1. The molecule has 0 saturated heterocycles. The Morgan fingerprint density at radius 2 is 1.96 bits per heavy atom. The molecule has 1 heterocycles. The molecule has 1 aromatic heterocycles. The molecule has 140 valence electrons. The van der Waals surface area contributed by atoms with Gasteiger partial charge >= 0.3 is 0 Å². The maximum atomic E-state index is 12.6. The zero-order valence-electron chi connectivity index (χ0n) is 14.6. The zero-order chi connectivity index (χ0) is 19.3. The molecular formula is C17H20ClN3O4S. The molecule has 0 saturated carbocycles. The molecule has 1 atom stereocenters. The first-order chi connectivity index (χ1) is 12.2. The third-order valence-corrected chi connectivity index (χ3v) is 5.22. The number of hydrogen-bond donors (Lipinski definition) is 2. The highest BCUT2D eigenvalue weighted by Gasteiger charge is 2.28. The summed E-state index contributed by atoms with van der Waals surface area (Å²) in [6.07, 6.45) is 1.43. The monoisotopic (exact) mass is 397 g/mol. The van der Waals surface area contributed by atoms with Crippen LogP contribution in [0.1, 0.15) is 13.8 Å². The minimum atomic E-state index is -3.91. The molecule has 26 heavy (non-hydrogen) atoms. The van der Waals surface area contributed by atoms with E-state index in [1.807, 2.05) is 0 Å². The van der Waals surface area contributed by atoms with Gasteiger partial charge in [0, 0.05) is 11.1 Å². The first kappa shape index (κ1) is 20.2. The van der Waals surface area contributed by atoms with Gasteiger partial charge in [0.1, 0.15) is 6.04 Å². The van der Waals surface area contributed by atoms with E-state index in [-0.39, 0.29) is 10.8 Å². The van der Waals surface area contributed by atoms with Gasteiger partial charge in [0.25, 0.3) is 0 Å². The fraction of sp³-hybridized carbons (Fsp3) is 0.294. The van der Waals surface area contributed by atoms with Gasteiger partial charge in [-0.1, -0.05) is 31.5 Å². The van der Waals surface area contributed by atoms with Crippen LogP contribution in [-0.4, -0.2) is 32.5 Å². The SMILES string of the molecule is COc1ccc(NC(=O)[C@@H](NS(=O)(=O)c2cccc(Cl)c2)C(C)C)cn1. The van der Waals surface area contributed by atoms with E-state index in [0.717, 1.165) is 0 Å². The van der Waals surface area contributed by atoms with Crippen molar-refractivity contribution in [1.29, 1.82) is 0 Å². The van der Waals surface area contributed by atoms with Gasteiger partial charge in [0.05, 0.1) is 23.9 Å². The summed E-state index contributed by atoms with van der Waals surface area (Å²) >= 11 is 5.86. The van der Waals surface area contributed by atoms with Crippen LogP contribution < -0.4 is 14.8 Å². The second-order valence-corrected chi connectivity index (χ2v) is 8.03. The van der Waals surface area contributed by atoms with E-state index in [2.05, 4.69) is 15.0 Å². The number of carbonyl (C=O) groups excluding carboxylic acids is 1. The number of rotatable bonds is 7. The molecule has 0 bridgehead atoms. The molecule has 7 nitrogen and oxygen atoms in total. The van der Waals surface area contributed by atoms with Gasteiger partial charge in [-0.3, -0.25) is 4.79 Å². The summed E-state index contributed by atoms with van der Waals surface area (Å²) in [5, 5.41) is 2.94. The van der Waals surface area contributed by atoms with Crippen LogP contribution in [0.5, 0.6) is 5.88 Å². The molecule has 0 unspecified atom stereocenters. The molecule has 2 N–H and O–H groups in total. The van der Waals surface area contributed by atoms with Crippen LogP contribution in [0.4, 0.5) is 5.69 Å². The number of ether oxygens (including phenoxy) is 1. The fourth-order valence-corrected chi connectivity index (χ4v) is 3.80. The second kappa shape index (κ2) is 8.48. The Bertz CT molecular complexity index is 870. The Kier molecular flexibility index (Phi) is 6.57. The Morgan fingerprint density at radius 3 is 2.50 bits per heavy atom. The number of hydrogen-bond acceptors (Lipinski definition) is 5. The molecule has 0 aliphatic heterocycles. The van der Waals surface area contributed by atoms with Crippen molar-refractivity contribution in [3.05, 3.63) is 47.6 Å². The number of anilines is 1. The lowest BCUT2D eigenvalue weighted by Gasteiger charge is -2.21. The number of aromatic nitrogens is 1. The van der Waals surface area contributed by atoms with Crippen molar-refractivity contribution in [2.75, 3.05) is 12.4 Å². The van der Waals surface area contributed by atoms with Crippen LogP contribution >= 0.6 is 11.6 Å². The topological polar surface area (TPSA) is 97.4 Å². The van der Waals surface area contributed by atoms with Gasteiger partial charge in [0.15, 0.2) is 0 Å². The van der Waals surface area contributed by atoms with Gasteiger partial charge in [-0.2, -0.15) is 4.72 Å². The third kappa shape index (κ3) is 5.17. The molecule has 0 fully saturated rings. The minimum absolute atomic E-state index is 0.00503. The summed E-state index contributed by atoms with van der Waals surface area (Å²) in [6.45, 7) is 3.49. The molecule has 1 aromatic carbocycles. The molecule has 0 spiro atoms. The highest BCUT2D eigenvalue weighted by molar-refractivity contribution is 7.89. The van der Waals surface area contributed by atoms with Crippen LogP contribution in [-0.2, 0) is 14.8 Å². The summed E-state index contributed by atoms with van der Waals surface area (Å²) in [7, 11) is -2.42. The molecule has 0 radical (unpaired) electrons. The lowest BCUT2D eigenvalue weighted by atomic mass is 10.1. The average molecular weight is 398 g/mol. The van der Waals surface area contributed by atoms with Gasteiger partial charge in [-0.05, 0) is 30.2 Å². The van der Waals surface area contributed by atoms with Crippen molar-refractivity contribution in [2.24, 2.45) is 5.92 Å². The number of methoxy groups -OCH3 is 1. The average Bonchev–Trinajstić information content (AvgIpc) is 2.60. The van der Waals surface area contributed by atoms with Crippen molar-refractivity contribution in [2.45, 2.75) is 24.8 Å². The number of nitrogens with zero attached hydrogens (tertiary/aromatic N) is 1. The van der Waals surface area contributed by atoms with Crippen molar-refractivity contribution < 1.29 is 17.9 Å². The Labute approximate surface area is 157 Å². The van der Waals surface area contributed by atoms with Crippen LogP contribution in [0.3, 0.4) is 0 Å². The molecule has 2 rings (SSSR count). The van der Waals surface area contributed by atoms with E-state index in [4.69, 9.17) is 16.3 Å². The Morgan fingerprint density at radius 1 is 1.23 bits per heavy atom. The number of nitrogens with one attached hydrogen (secondary N) is 2. The summed E-state index contributed by atoms with van der Waals surface area (Å²) in [5.74, 6) is -0.363. The predicted molar refractivity (Wildman–Crippen MR) is 99.8 cm³/mol. The fourth-order valence-electron chi connectivity index (χ4n) is 2.16. The molecule has 1 amide bonds. The summed E-state index contributed by atoms with van der Waals surface area (Å²) in [4.78, 5) is 16.6. The zero-order valence-corrected chi connectivity index (χ0v) is 16.1. The maximum absolute atomic E-state index is 12.6. The number of benzene rings is 1. The molecule has 2 aromatic rings. The third-order valence-electron chi connectivity index (χ3n) is 3.55. The number of amides is 1. The van der Waals surface area contributed by atoms with Crippen molar-refractivity contribution >= 4 is 33.2 Å². The Balaban J connectivity index is 2.18. The molecule has 0 aliphatic carbocycles. The predicted octanol–water partition coefficient (Wildman–Crippen LogP) is 2.69. The van der Waals surface area contributed by atoms with Crippen LogP contribution in [0.15, 0.2) is 47.5 Å². The van der Waals surface area contributed by atoms with Crippen LogP contribution in [0, 0.1) is 5.92 Å².